The van der Waals surface area contributed by atoms with Crippen LogP contribution in [0.1, 0.15) is 5.56 Å². The number of hydrogen-bond donors (Lipinski definition) is 1. The van der Waals surface area contributed by atoms with Crippen LogP contribution in [-0.2, 0) is 0 Å². The van der Waals surface area contributed by atoms with Crippen LogP contribution in [0.25, 0.3) is 0 Å². The zero-order chi connectivity index (χ0) is 8.81. The van der Waals surface area contributed by atoms with Crippen molar-refractivity contribution in [1.82, 2.24) is 15.3 Å². The summed E-state index contributed by atoms with van der Waals surface area (Å²) in [6, 6.07) is 0. The van der Waals surface area contributed by atoms with E-state index in [1.165, 1.54) is 0 Å². The molecule has 0 saturated heterocycles. The van der Waals surface area contributed by atoms with E-state index in [0.29, 0.717) is 6.54 Å². The Morgan fingerprint density at radius 2 is 2.17 bits per heavy atom. The third kappa shape index (κ3) is 2.87. The molecule has 0 fully saturated rings. The predicted molar refractivity (Wildman–Crippen MR) is 47.8 cm³/mol. The molecule has 0 spiro atoms. The molecule has 0 bridgehead atoms. The molecule has 1 rings (SSSR count). The van der Waals surface area contributed by atoms with Crippen molar-refractivity contribution in [1.29, 1.82) is 0 Å². The van der Waals surface area contributed by atoms with Gasteiger partial charge in [0.25, 0.3) is 0 Å². The second-order valence-electron chi connectivity index (χ2n) is 2.07. The zero-order valence-electron chi connectivity index (χ0n) is 6.63. The van der Waals surface area contributed by atoms with Crippen molar-refractivity contribution < 1.29 is 0 Å². The minimum atomic E-state index is 0.245. The SMILES string of the molecule is CNCC#Cc1cnc(Cl)nc1. The molecule has 0 unspecified atom stereocenters. The molecule has 12 heavy (non-hydrogen) atoms. The van der Waals surface area contributed by atoms with Crippen molar-refractivity contribution in [3.8, 4) is 11.8 Å². The van der Waals surface area contributed by atoms with Crippen LogP contribution in [0.3, 0.4) is 0 Å². The van der Waals surface area contributed by atoms with Gasteiger partial charge in [-0.25, -0.2) is 9.97 Å². The van der Waals surface area contributed by atoms with Crippen molar-refractivity contribution in [2.24, 2.45) is 0 Å². The second kappa shape index (κ2) is 4.70. The first kappa shape index (κ1) is 8.98. The van der Waals surface area contributed by atoms with Crippen LogP contribution in [0, 0.1) is 11.8 Å². The summed E-state index contributed by atoms with van der Waals surface area (Å²) in [5.74, 6) is 5.76. The fourth-order valence-corrected chi connectivity index (χ4v) is 0.709. The fraction of sp³-hybridized carbons (Fsp3) is 0.250. The molecular formula is C8H8ClN3. The highest BCUT2D eigenvalue weighted by Gasteiger charge is 1.88. The van der Waals surface area contributed by atoms with Gasteiger partial charge in [-0.3, -0.25) is 0 Å². The number of hydrogen-bond acceptors (Lipinski definition) is 3. The molecule has 1 aromatic rings. The number of nitrogens with one attached hydrogen (secondary N) is 1. The molecule has 4 heteroatoms. The van der Waals surface area contributed by atoms with Crippen LogP contribution >= 0.6 is 11.6 Å². The van der Waals surface area contributed by atoms with Gasteiger partial charge in [0, 0.05) is 12.4 Å². The van der Waals surface area contributed by atoms with Crippen LogP contribution in [-0.4, -0.2) is 23.6 Å². The first-order valence-corrected chi connectivity index (χ1v) is 3.82. The summed E-state index contributed by atoms with van der Waals surface area (Å²) < 4.78 is 0. The van der Waals surface area contributed by atoms with E-state index in [0.717, 1.165) is 5.56 Å². The first-order valence-electron chi connectivity index (χ1n) is 3.44. The van der Waals surface area contributed by atoms with Crippen LogP contribution in [0.5, 0.6) is 0 Å². The van der Waals surface area contributed by atoms with E-state index >= 15 is 0 Å². The molecule has 0 amide bonds. The maximum absolute atomic E-state index is 5.49. The molecular weight excluding hydrogens is 174 g/mol. The van der Waals surface area contributed by atoms with Crippen molar-refractivity contribution >= 4 is 11.6 Å². The molecule has 0 aromatic carbocycles. The Kier molecular flexibility index (Phi) is 3.52. The zero-order valence-corrected chi connectivity index (χ0v) is 7.39. The molecule has 3 nitrogen and oxygen atoms in total. The third-order valence-corrected chi connectivity index (χ3v) is 1.31. The maximum Gasteiger partial charge on any atom is 0.222 e. The van der Waals surface area contributed by atoms with E-state index in [4.69, 9.17) is 11.6 Å². The molecule has 0 atom stereocenters. The predicted octanol–water partition coefficient (Wildman–Crippen LogP) is 0.701. The summed E-state index contributed by atoms with van der Waals surface area (Å²) in [6.45, 7) is 0.655. The number of halogens is 1. The van der Waals surface area contributed by atoms with Gasteiger partial charge >= 0.3 is 0 Å². The van der Waals surface area contributed by atoms with Crippen molar-refractivity contribution in [2.45, 2.75) is 0 Å². The highest BCUT2D eigenvalue weighted by molar-refractivity contribution is 6.28. The summed E-state index contributed by atoms with van der Waals surface area (Å²) >= 11 is 5.49. The van der Waals surface area contributed by atoms with Gasteiger partial charge < -0.3 is 5.32 Å². The van der Waals surface area contributed by atoms with Crippen LogP contribution in [0.15, 0.2) is 12.4 Å². The van der Waals surface area contributed by atoms with Crippen molar-refractivity contribution in [3.63, 3.8) is 0 Å². The van der Waals surface area contributed by atoms with Gasteiger partial charge in [-0.2, -0.15) is 0 Å². The summed E-state index contributed by atoms with van der Waals surface area (Å²) in [7, 11) is 1.84. The van der Waals surface area contributed by atoms with E-state index in [9.17, 15) is 0 Å². The van der Waals surface area contributed by atoms with Gasteiger partial charge in [-0.1, -0.05) is 11.8 Å². The summed E-state index contributed by atoms with van der Waals surface area (Å²) in [5.41, 5.74) is 0.773. The highest BCUT2D eigenvalue weighted by atomic mass is 35.5. The Balaban J connectivity index is 2.66. The lowest BCUT2D eigenvalue weighted by Crippen LogP contribution is -2.04. The molecule has 0 saturated carbocycles. The van der Waals surface area contributed by atoms with E-state index in [2.05, 4.69) is 27.1 Å². The van der Waals surface area contributed by atoms with E-state index in [1.807, 2.05) is 7.05 Å². The van der Waals surface area contributed by atoms with Gasteiger partial charge in [0.15, 0.2) is 0 Å². The summed E-state index contributed by atoms with van der Waals surface area (Å²) in [5, 5.41) is 3.15. The Morgan fingerprint density at radius 1 is 1.50 bits per heavy atom. The lowest BCUT2D eigenvalue weighted by atomic mass is 10.3. The average molecular weight is 182 g/mol. The fourth-order valence-electron chi connectivity index (χ4n) is 0.611. The topological polar surface area (TPSA) is 37.8 Å². The molecule has 0 aliphatic heterocycles. The first-order chi connectivity index (χ1) is 5.83. The van der Waals surface area contributed by atoms with Crippen molar-refractivity contribution in [2.75, 3.05) is 13.6 Å². The molecule has 0 aliphatic carbocycles. The van der Waals surface area contributed by atoms with E-state index < -0.39 is 0 Å². The number of rotatable bonds is 1. The Hall–Kier alpha value is -1.11. The van der Waals surface area contributed by atoms with Crippen LogP contribution < -0.4 is 5.32 Å². The summed E-state index contributed by atoms with van der Waals surface area (Å²) in [6.07, 6.45) is 3.19. The third-order valence-electron chi connectivity index (χ3n) is 1.12. The van der Waals surface area contributed by atoms with Gasteiger partial charge in [0.2, 0.25) is 5.28 Å². The lowest BCUT2D eigenvalue weighted by molar-refractivity contribution is 0.938. The Bertz CT molecular complexity index is 296. The quantitative estimate of drug-likeness (QED) is 0.512. The smallest absolute Gasteiger partial charge is 0.222 e. The monoisotopic (exact) mass is 181 g/mol. The molecule has 0 aliphatic rings. The number of aromatic nitrogens is 2. The minimum absolute atomic E-state index is 0.245. The summed E-state index contributed by atoms with van der Waals surface area (Å²) in [4.78, 5) is 7.58. The largest absolute Gasteiger partial charge is 0.309 e. The molecule has 1 heterocycles. The highest BCUT2D eigenvalue weighted by Crippen LogP contribution is 1.98. The normalized spacial score (nSPS) is 8.83. The second-order valence-corrected chi connectivity index (χ2v) is 2.41. The average Bonchev–Trinajstić information content (AvgIpc) is 2.09. The standard InChI is InChI=1S/C8H8ClN3/c1-10-4-2-3-7-5-11-8(9)12-6-7/h5-6,10H,4H2,1H3. The maximum atomic E-state index is 5.49. The van der Waals surface area contributed by atoms with Crippen LogP contribution in [0.4, 0.5) is 0 Å². The Morgan fingerprint density at radius 3 is 2.75 bits per heavy atom. The molecule has 62 valence electrons. The van der Waals surface area contributed by atoms with Crippen LogP contribution in [0.2, 0.25) is 5.28 Å². The minimum Gasteiger partial charge on any atom is -0.309 e. The van der Waals surface area contributed by atoms with Gasteiger partial charge in [-0.15, -0.1) is 0 Å². The Labute approximate surface area is 76.2 Å². The van der Waals surface area contributed by atoms with Gasteiger partial charge in [0.05, 0.1) is 12.1 Å². The lowest BCUT2D eigenvalue weighted by Gasteiger charge is -1.88. The molecule has 1 N–H and O–H groups in total. The van der Waals surface area contributed by atoms with Gasteiger partial charge in [-0.05, 0) is 18.6 Å². The van der Waals surface area contributed by atoms with E-state index in [1.54, 1.807) is 12.4 Å². The van der Waals surface area contributed by atoms with E-state index in [-0.39, 0.29) is 5.28 Å². The molecule has 1 aromatic heterocycles. The van der Waals surface area contributed by atoms with Crippen molar-refractivity contribution in [3.05, 3.63) is 23.2 Å². The van der Waals surface area contributed by atoms with Gasteiger partial charge in [0.1, 0.15) is 0 Å². The molecule has 0 radical (unpaired) electrons. The number of nitrogens with zero attached hydrogens (tertiary/aromatic N) is 2.